The monoisotopic (exact) mass is 437 g/mol. The van der Waals surface area contributed by atoms with Crippen LogP contribution < -0.4 is 4.90 Å². The molecule has 0 radical (unpaired) electrons. The van der Waals surface area contributed by atoms with Crippen LogP contribution in [0.5, 0.6) is 0 Å². The number of carbonyl (C=O) groups excluding carboxylic acids is 3. The Bertz CT molecular complexity index is 1180. The van der Waals surface area contributed by atoms with Crippen molar-refractivity contribution in [2.24, 2.45) is 0 Å². The Labute approximate surface area is 182 Å². The summed E-state index contributed by atoms with van der Waals surface area (Å²) in [4.78, 5) is 44.7. The minimum Gasteiger partial charge on any atom is -0.449 e. The molecule has 6 rings (SSSR count). The smallest absolute Gasteiger partial charge is 0.414 e. The number of hydrogen-bond donors (Lipinski definition) is 0. The molecule has 2 amide bonds. The number of anilines is 1. The average molecular weight is 437 g/mol. The van der Waals surface area contributed by atoms with E-state index in [-0.39, 0.29) is 19.1 Å². The van der Waals surface area contributed by atoms with Gasteiger partial charge in [-0.05, 0) is 31.0 Å². The van der Waals surface area contributed by atoms with E-state index >= 15 is 4.39 Å². The zero-order chi connectivity index (χ0) is 22.1. The Hall–Kier alpha value is -3.49. The largest absolute Gasteiger partial charge is 0.449 e. The molecule has 3 fully saturated rings. The lowest BCUT2D eigenvalue weighted by Gasteiger charge is -2.27. The van der Waals surface area contributed by atoms with Gasteiger partial charge in [-0.15, -0.1) is 0 Å². The number of cyclic esters (lactones) is 1. The highest BCUT2D eigenvalue weighted by Crippen LogP contribution is 2.53. The Morgan fingerprint density at radius 3 is 2.66 bits per heavy atom. The predicted molar refractivity (Wildman–Crippen MR) is 109 cm³/mol. The minimum atomic E-state index is -0.913. The Balaban J connectivity index is 1.26. The molecule has 1 aromatic carbocycles. The summed E-state index contributed by atoms with van der Waals surface area (Å²) in [6.45, 7) is 1.31. The third kappa shape index (κ3) is 2.60. The first kappa shape index (κ1) is 19.2. The van der Waals surface area contributed by atoms with Gasteiger partial charge in [0.2, 0.25) is 5.91 Å². The molecule has 0 unspecified atom stereocenters. The predicted octanol–water partition coefficient (Wildman–Crippen LogP) is 2.51. The van der Waals surface area contributed by atoms with Crippen LogP contribution in [0.2, 0.25) is 0 Å². The van der Waals surface area contributed by atoms with Crippen molar-refractivity contribution in [3.8, 4) is 0 Å². The van der Waals surface area contributed by atoms with Crippen LogP contribution in [0.4, 0.5) is 14.9 Å². The second-order valence-electron chi connectivity index (χ2n) is 8.79. The SMILES string of the molecule is O=C1O[C@]2(CCN(C(=O)C3(c4ccc(N5CCOC5=O)cc4F)CC3)C2)c2ccncc21. The van der Waals surface area contributed by atoms with Crippen molar-refractivity contribution in [3.05, 3.63) is 59.2 Å². The van der Waals surface area contributed by atoms with Crippen LogP contribution >= 0.6 is 0 Å². The molecule has 1 aromatic heterocycles. The van der Waals surface area contributed by atoms with Gasteiger partial charge < -0.3 is 14.4 Å². The van der Waals surface area contributed by atoms with E-state index < -0.39 is 28.9 Å². The third-order valence-electron chi connectivity index (χ3n) is 7.04. The minimum absolute atomic E-state index is 0.153. The van der Waals surface area contributed by atoms with Gasteiger partial charge in [0, 0.05) is 36.5 Å². The summed E-state index contributed by atoms with van der Waals surface area (Å²) >= 11 is 0. The molecule has 8 nitrogen and oxygen atoms in total. The van der Waals surface area contributed by atoms with Crippen LogP contribution in [-0.2, 0) is 25.3 Å². The normalized spacial score (nSPS) is 25.2. The molecule has 3 aliphatic heterocycles. The summed E-state index contributed by atoms with van der Waals surface area (Å²) < 4.78 is 25.8. The van der Waals surface area contributed by atoms with Gasteiger partial charge in [-0.1, -0.05) is 6.07 Å². The molecular formula is C23H20FN3O5. The number of nitrogens with zero attached hydrogens (tertiary/aromatic N) is 3. The summed E-state index contributed by atoms with van der Waals surface area (Å²) in [6.07, 6.45) is 4.21. The van der Waals surface area contributed by atoms with Crippen molar-refractivity contribution in [1.82, 2.24) is 9.88 Å². The van der Waals surface area contributed by atoms with Gasteiger partial charge in [0.15, 0.2) is 5.60 Å². The third-order valence-corrected chi connectivity index (χ3v) is 7.04. The van der Waals surface area contributed by atoms with Crippen molar-refractivity contribution in [2.45, 2.75) is 30.3 Å². The van der Waals surface area contributed by atoms with E-state index in [1.807, 2.05) is 0 Å². The van der Waals surface area contributed by atoms with Gasteiger partial charge in [-0.2, -0.15) is 0 Å². The number of rotatable bonds is 3. The number of fused-ring (bicyclic) bond motifs is 2. The van der Waals surface area contributed by atoms with Gasteiger partial charge >= 0.3 is 12.1 Å². The van der Waals surface area contributed by atoms with Crippen molar-refractivity contribution in [3.63, 3.8) is 0 Å². The number of halogens is 1. The fourth-order valence-electron chi connectivity index (χ4n) is 5.21. The molecule has 4 aliphatic rings. The zero-order valence-electron chi connectivity index (χ0n) is 17.2. The molecule has 2 saturated heterocycles. The number of aromatic nitrogens is 1. The van der Waals surface area contributed by atoms with E-state index in [0.717, 1.165) is 5.56 Å². The van der Waals surface area contributed by atoms with Crippen LogP contribution in [-0.4, -0.2) is 54.1 Å². The molecule has 4 heterocycles. The van der Waals surface area contributed by atoms with Gasteiger partial charge in [0.25, 0.3) is 0 Å². The van der Waals surface area contributed by atoms with Gasteiger partial charge in [0.1, 0.15) is 12.4 Å². The van der Waals surface area contributed by atoms with E-state index in [2.05, 4.69) is 4.98 Å². The molecule has 164 valence electrons. The zero-order valence-corrected chi connectivity index (χ0v) is 17.2. The second-order valence-corrected chi connectivity index (χ2v) is 8.79. The van der Waals surface area contributed by atoms with Gasteiger partial charge in [0.05, 0.1) is 29.8 Å². The highest BCUT2D eigenvalue weighted by Gasteiger charge is 2.58. The molecule has 0 bridgehead atoms. The molecule has 1 aliphatic carbocycles. The summed E-state index contributed by atoms with van der Waals surface area (Å²) in [5.74, 6) is -1.09. The van der Waals surface area contributed by atoms with Crippen LogP contribution in [0, 0.1) is 5.82 Å². The summed E-state index contributed by atoms with van der Waals surface area (Å²) in [7, 11) is 0. The number of ether oxygens (including phenoxy) is 2. The quantitative estimate of drug-likeness (QED) is 0.686. The molecule has 1 atom stereocenters. The number of likely N-dealkylation sites (tertiary alicyclic amines) is 1. The highest BCUT2D eigenvalue weighted by atomic mass is 19.1. The van der Waals surface area contributed by atoms with Gasteiger partial charge in [-0.3, -0.25) is 14.7 Å². The van der Waals surface area contributed by atoms with Crippen LogP contribution in [0.25, 0.3) is 0 Å². The van der Waals surface area contributed by atoms with Gasteiger partial charge in [-0.25, -0.2) is 14.0 Å². The van der Waals surface area contributed by atoms with Crippen LogP contribution in [0.1, 0.15) is 40.7 Å². The van der Waals surface area contributed by atoms with Crippen molar-refractivity contribution >= 4 is 23.7 Å². The molecule has 1 spiro atoms. The maximum absolute atomic E-state index is 15.1. The molecule has 0 N–H and O–H groups in total. The highest BCUT2D eigenvalue weighted by molar-refractivity contribution is 5.96. The summed E-state index contributed by atoms with van der Waals surface area (Å²) in [5.41, 5.74) is 0.173. The van der Waals surface area contributed by atoms with E-state index in [9.17, 15) is 14.4 Å². The fourth-order valence-corrected chi connectivity index (χ4v) is 5.21. The van der Waals surface area contributed by atoms with E-state index in [1.165, 1.54) is 17.2 Å². The lowest BCUT2D eigenvalue weighted by atomic mass is 9.92. The summed E-state index contributed by atoms with van der Waals surface area (Å²) in [6, 6.07) is 6.32. The average Bonchev–Trinajstić information content (AvgIpc) is 3.16. The van der Waals surface area contributed by atoms with Crippen molar-refractivity contribution in [1.29, 1.82) is 0 Å². The van der Waals surface area contributed by atoms with E-state index in [1.54, 1.807) is 29.3 Å². The summed E-state index contributed by atoms with van der Waals surface area (Å²) in [5, 5.41) is 0. The number of hydrogen-bond acceptors (Lipinski definition) is 6. The first-order chi connectivity index (χ1) is 15.4. The van der Waals surface area contributed by atoms with E-state index in [4.69, 9.17) is 9.47 Å². The van der Waals surface area contributed by atoms with Crippen LogP contribution in [0.15, 0.2) is 36.7 Å². The van der Waals surface area contributed by atoms with Crippen molar-refractivity contribution < 1.29 is 28.2 Å². The number of pyridine rings is 1. The van der Waals surface area contributed by atoms with Crippen molar-refractivity contribution in [2.75, 3.05) is 31.1 Å². The number of carbonyl (C=O) groups is 3. The maximum Gasteiger partial charge on any atom is 0.414 e. The molecular weight excluding hydrogens is 417 g/mol. The topological polar surface area (TPSA) is 89.0 Å². The lowest BCUT2D eigenvalue weighted by molar-refractivity contribution is -0.134. The molecule has 9 heteroatoms. The Morgan fingerprint density at radius 2 is 1.94 bits per heavy atom. The van der Waals surface area contributed by atoms with Crippen LogP contribution in [0.3, 0.4) is 0 Å². The number of esters is 1. The number of benzene rings is 1. The second kappa shape index (κ2) is 6.51. The molecule has 32 heavy (non-hydrogen) atoms. The lowest BCUT2D eigenvalue weighted by Crippen LogP contribution is -2.40. The van der Waals surface area contributed by atoms with E-state index in [0.29, 0.717) is 49.2 Å². The fraction of sp³-hybridized carbons (Fsp3) is 0.391. The Kier molecular flexibility index (Phi) is 3.91. The number of amides is 2. The Morgan fingerprint density at radius 1 is 1.09 bits per heavy atom. The standard InChI is InChI=1S/C23H20FN3O5/c24-18-11-14(27-9-10-31-21(27)30)1-2-17(18)22(4-5-22)20(29)26-8-6-23(13-26)16-3-7-25-12-15(16)19(28)32-23/h1-3,7,11-12H,4-6,8-10,13H2/t23-/m0/s1. The maximum atomic E-state index is 15.1. The molecule has 2 aromatic rings. The molecule has 1 saturated carbocycles. The first-order valence-electron chi connectivity index (χ1n) is 10.7. The first-order valence-corrected chi connectivity index (χ1v) is 10.7.